The molecule has 126 valence electrons. The van der Waals surface area contributed by atoms with Crippen LogP contribution in [0.2, 0.25) is 0 Å². The number of aromatic nitrogens is 1. The lowest BCUT2D eigenvalue weighted by Gasteiger charge is -2.09. The van der Waals surface area contributed by atoms with Gasteiger partial charge >= 0.3 is 0 Å². The number of rotatable bonds is 4. The van der Waals surface area contributed by atoms with E-state index in [-0.39, 0.29) is 12.6 Å². The van der Waals surface area contributed by atoms with Crippen LogP contribution in [0, 0.1) is 0 Å². The lowest BCUT2D eigenvalue weighted by Crippen LogP contribution is -2.18. The molecule has 1 atom stereocenters. The van der Waals surface area contributed by atoms with Gasteiger partial charge in [-0.25, -0.2) is 0 Å². The SMILES string of the molecule is CC(N)CO.COc1ccc2c(Oc3ccccc3)ccnc2c1. The van der Waals surface area contributed by atoms with Crippen LogP contribution in [-0.2, 0) is 0 Å². The molecule has 0 saturated carbocycles. The molecule has 0 saturated heterocycles. The molecule has 1 unspecified atom stereocenters. The Hall–Kier alpha value is -2.63. The lowest BCUT2D eigenvalue weighted by atomic mass is 10.2. The van der Waals surface area contributed by atoms with Gasteiger partial charge in [-0.3, -0.25) is 4.98 Å². The maximum Gasteiger partial charge on any atom is 0.138 e. The van der Waals surface area contributed by atoms with Crippen LogP contribution in [0.25, 0.3) is 10.9 Å². The maximum atomic E-state index is 8.02. The highest BCUT2D eigenvalue weighted by atomic mass is 16.5. The van der Waals surface area contributed by atoms with E-state index in [2.05, 4.69) is 4.98 Å². The summed E-state index contributed by atoms with van der Waals surface area (Å²) in [7, 11) is 1.64. The molecule has 0 aliphatic heterocycles. The zero-order chi connectivity index (χ0) is 17.4. The van der Waals surface area contributed by atoms with Gasteiger partial charge in [0, 0.05) is 23.7 Å². The number of aliphatic hydroxyl groups is 1. The summed E-state index contributed by atoms with van der Waals surface area (Å²) < 4.78 is 11.1. The molecule has 3 rings (SSSR count). The van der Waals surface area contributed by atoms with Crippen molar-refractivity contribution in [3.8, 4) is 17.2 Å². The Bertz CT molecular complexity index is 761. The van der Waals surface area contributed by atoms with Crippen LogP contribution in [0.4, 0.5) is 0 Å². The van der Waals surface area contributed by atoms with Crippen LogP contribution < -0.4 is 15.2 Å². The number of nitrogens with zero attached hydrogens (tertiary/aromatic N) is 1. The summed E-state index contributed by atoms with van der Waals surface area (Å²) in [5, 5.41) is 8.98. The fraction of sp³-hybridized carbons (Fsp3) is 0.211. The molecule has 2 aromatic carbocycles. The highest BCUT2D eigenvalue weighted by Crippen LogP contribution is 2.30. The fourth-order valence-corrected chi connectivity index (χ4v) is 1.93. The second-order valence-corrected chi connectivity index (χ2v) is 5.27. The Balaban J connectivity index is 0.000000368. The minimum atomic E-state index is -0.0602. The van der Waals surface area contributed by atoms with E-state index in [4.69, 9.17) is 20.3 Å². The third kappa shape index (κ3) is 4.94. The number of aliphatic hydroxyl groups excluding tert-OH is 1. The van der Waals surface area contributed by atoms with Crippen molar-refractivity contribution < 1.29 is 14.6 Å². The third-order valence-electron chi connectivity index (χ3n) is 3.17. The smallest absolute Gasteiger partial charge is 0.138 e. The van der Waals surface area contributed by atoms with Crippen molar-refractivity contribution in [2.24, 2.45) is 5.73 Å². The average molecular weight is 326 g/mol. The predicted molar refractivity (Wildman–Crippen MR) is 95.5 cm³/mol. The number of methoxy groups -OCH3 is 1. The number of pyridine rings is 1. The zero-order valence-corrected chi connectivity index (χ0v) is 13.8. The van der Waals surface area contributed by atoms with E-state index in [1.54, 1.807) is 20.2 Å². The van der Waals surface area contributed by atoms with Crippen LogP contribution in [-0.4, -0.2) is 29.8 Å². The Labute approximate surface area is 141 Å². The first kappa shape index (κ1) is 17.7. The Kier molecular flexibility index (Phi) is 6.54. The molecule has 1 heterocycles. The van der Waals surface area contributed by atoms with Gasteiger partial charge in [0.2, 0.25) is 0 Å². The van der Waals surface area contributed by atoms with Gasteiger partial charge in [-0.05, 0) is 37.3 Å². The van der Waals surface area contributed by atoms with Crippen LogP contribution in [0.5, 0.6) is 17.2 Å². The first-order valence-electron chi connectivity index (χ1n) is 7.66. The lowest BCUT2D eigenvalue weighted by molar-refractivity contribution is 0.273. The quantitative estimate of drug-likeness (QED) is 0.768. The number of ether oxygens (including phenoxy) is 2. The molecule has 5 nitrogen and oxygen atoms in total. The molecule has 0 aliphatic rings. The number of fused-ring (bicyclic) bond motifs is 1. The second kappa shape index (κ2) is 8.86. The summed E-state index contributed by atoms with van der Waals surface area (Å²) in [4.78, 5) is 4.33. The van der Waals surface area contributed by atoms with E-state index in [0.29, 0.717) is 0 Å². The van der Waals surface area contributed by atoms with E-state index >= 15 is 0 Å². The van der Waals surface area contributed by atoms with E-state index < -0.39 is 0 Å². The molecule has 0 bridgehead atoms. The molecule has 3 N–H and O–H groups in total. The Morgan fingerprint density at radius 2 is 1.79 bits per heavy atom. The summed E-state index contributed by atoms with van der Waals surface area (Å²) in [6.07, 6.45) is 1.74. The fourth-order valence-electron chi connectivity index (χ4n) is 1.93. The van der Waals surface area contributed by atoms with Gasteiger partial charge < -0.3 is 20.3 Å². The molecular formula is C19H22N2O3. The Morgan fingerprint density at radius 3 is 2.42 bits per heavy atom. The molecule has 0 radical (unpaired) electrons. The van der Waals surface area contributed by atoms with Gasteiger partial charge in [0.25, 0.3) is 0 Å². The average Bonchev–Trinajstić information content (AvgIpc) is 2.63. The van der Waals surface area contributed by atoms with E-state index in [0.717, 1.165) is 28.2 Å². The second-order valence-electron chi connectivity index (χ2n) is 5.27. The van der Waals surface area contributed by atoms with Crippen molar-refractivity contribution in [1.29, 1.82) is 0 Å². The number of benzene rings is 2. The van der Waals surface area contributed by atoms with E-state index in [9.17, 15) is 0 Å². The van der Waals surface area contributed by atoms with Gasteiger partial charge in [-0.15, -0.1) is 0 Å². The number of hydrogen-bond acceptors (Lipinski definition) is 5. The Morgan fingerprint density at radius 1 is 1.08 bits per heavy atom. The van der Waals surface area contributed by atoms with Crippen molar-refractivity contribution >= 4 is 10.9 Å². The minimum absolute atomic E-state index is 0.0602. The predicted octanol–water partition coefficient (Wildman–Crippen LogP) is 3.36. The minimum Gasteiger partial charge on any atom is -0.497 e. The van der Waals surface area contributed by atoms with Crippen molar-refractivity contribution in [1.82, 2.24) is 4.98 Å². The molecule has 0 amide bonds. The van der Waals surface area contributed by atoms with Gasteiger partial charge in [0.15, 0.2) is 0 Å². The van der Waals surface area contributed by atoms with Crippen LogP contribution >= 0.6 is 0 Å². The van der Waals surface area contributed by atoms with Crippen molar-refractivity contribution in [3.63, 3.8) is 0 Å². The number of para-hydroxylation sites is 1. The van der Waals surface area contributed by atoms with Crippen LogP contribution in [0.3, 0.4) is 0 Å². The molecule has 1 aromatic heterocycles. The van der Waals surface area contributed by atoms with Gasteiger partial charge in [0.05, 0.1) is 19.2 Å². The largest absolute Gasteiger partial charge is 0.497 e. The van der Waals surface area contributed by atoms with E-state index in [1.165, 1.54) is 0 Å². The summed E-state index contributed by atoms with van der Waals surface area (Å²) in [6, 6.07) is 17.3. The van der Waals surface area contributed by atoms with Crippen LogP contribution in [0.15, 0.2) is 60.8 Å². The topological polar surface area (TPSA) is 77.6 Å². The van der Waals surface area contributed by atoms with Crippen molar-refractivity contribution in [3.05, 3.63) is 60.8 Å². The van der Waals surface area contributed by atoms with E-state index in [1.807, 2.05) is 54.6 Å². The molecule has 24 heavy (non-hydrogen) atoms. The molecule has 0 spiro atoms. The number of hydrogen-bond donors (Lipinski definition) is 2. The normalized spacial score (nSPS) is 11.3. The molecule has 5 heteroatoms. The molecule has 3 aromatic rings. The highest BCUT2D eigenvalue weighted by molar-refractivity contribution is 5.86. The standard InChI is InChI=1S/C16H13NO2.C3H9NO/c1-18-13-7-8-14-15(11-13)17-10-9-16(14)19-12-5-3-2-4-6-12;1-3(4)2-5/h2-11H,1H3;3,5H,2,4H2,1H3. The van der Waals surface area contributed by atoms with Crippen LogP contribution in [0.1, 0.15) is 6.92 Å². The first-order chi connectivity index (χ1) is 11.6. The summed E-state index contributed by atoms with van der Waals surface area (Å²) in [6.45, 7) is 1.83. The summed E-state index contributed by atoms with van der Waals surface area (Å²) >= 11 is 0. The van der Waals surface area contributed by atoms with Crippen molar-refractivity contribution in [2.45, 2.75) is 13.0 Å². The first-order valence-corrected chi connectivity index (χ1v) is 7.66. The molecule has 0 fully saturated rings. The zero-order valence-electron chi connectivity index (χ0n) is 13.8. The maximum absolute atomic E-state index is 8.02. The summed E-state index contributed by atoms with van der Waals surface area (Å²) in [5.74, 6) is 2.39. The van der Waals surface area contributed by atoms with Gasteiger partial charge in [-0.1, -0.05) is 18.2 Å². The molecule has 0 aliphatic carbocycles. The summed E-state index contributed by atoms with van der Waals surface area (Å²) in [5.41, 5.74) is 5.90. The van der Waals surface area contributed by atoms with Crippen molar-refractivity contribution in [2.75, 3.05) is 13.7 Å². The highest BCUT2D eigenvalue weighted by Gasteiger charge is 2.05. The van der Waals surface area contributed by atoms with Gasteiger partial charge in [0.1, 0.15) is 17.2 Å². The monoisotopic (exact) mass is 326 g/mol. The van der Waals surface area contributed by atoms with Gasteiger partial charge in [-0.2, -0.15) is 0 Å². The third-order valence-corrected chi connectivity index (χ3v) is 3.17. The number of nitrogens with two attached hydrogens (primary N) is 1. The molecular weight excluding hydrogens is 304 g/mol.